The molecule has 0 aliphatic carbocycles. The van der Waals surface area contributed by atoms with Crippen molar-refractivity contribution in [2.24, 2.45) is 0 Å². The number of carbonyl (C=O) groups excluding carboxylic acids is 2. The summed E-state index contributed by atoms with van der Waals surface area (Å²) in [5, 5.41) is 4.87. The van der Waals surface area contributed by atoms with Gasteiger partial charge in [-0.3, -0.25) is 10.1 Å². The van der Waals surface area contributed by atoms with Gasteiger partial charge in [0.15, 0.2) is 0 Å². The van der Waals surface area contributed by atoms with Crippen molar-refractivity contribution in [3.05, 3.63) is 81.3 Å². The van der Waals surface area contributed by atoms with E-state index in [1.54, 1.807) is 38.1 Å². The average Bonchev–Trinajstić information content (AvgIpc) is 2.71. The first kappa shape index (κ1) is 25.2. The maximum atomic E-state index is 12.4. The van der Waals surface area contributed by atoms with E-state index in [1.165, 1.54) is 18.2 Å². The molecule has 0 bridgehead atoms. The van der Waals surface area contributed by atoms with Crippen LogP contribution in [-0.2, 0) is 0 Å². The first-order chi connectivity index (χ1) is 15.9. The topological polar surface area (TPSA) is 76.7 Å². The molecule has 3 amide bonds. The summed E-state index contributed by atoms with van der Waals surface area (Å²) in [6.07, 6.45) is -4.84. The van der Waals surface area contributed by atoms with Crippen molar-refractivity contribution in [3.8, 4) is 17.2 Å². The van der Waals surface area contributed by atoms with E-state index in [0.29, 0.717) is 22.6 Å². The van der Waals surface area contributed by atoms with Crippen LogP contribution >= 0.6 is 23.2 Å². The summed E-state index contributed by atoms with van der Waals surface area (Å²) in [6, 6.07) is 12.0. The number of hydrogen-bond acceptors (Lipinski definition) is 4. The highest BCUT2D eigenvalue weighted by atomic mass is 35.5. The second-order valence-corrected chi connectivity index (χ2v) is 7.88. The molecule has 0 saturated carbocycles. The third kappa shape index (κ3) is 6.55. The molecule has 0 saturated heterocycles. The summed E-state index contributed by atoms with van der Waals surface area (Å²) in [5.74, 6) is -0.630. The number of halogens is 5. The Balaban J connectivity index is 1.71. The number of alkyl halides is 3. The lowest BCUT2D eigenvalue weighted by atomic mass is 10.1. The summed E-state index contributed by atoms with van der Waals surface area (Å²) in [4.78, 5) is 24.5. The maximum absolute atomic E-state index is 12.4. The van der Waals surface area contributed by atoms with E-state index < -0.39 is 24.1 Å². The minimum Gasteiger partial charge on any atom is -0.455 e. The lowest BCUT2D eigenvalue weighted by molar-refractivity contribution is -0.274. The molecule has 0 spiro atoms. The molecule has 2 N–H and O–H groups in total. The molecule has 0 fully saturated rings. The summed E-state index contributed by atoms with van der Waals surface area (Å²) in [6.45, 7) is 3.41. The highest BCUT2D eigenvalue weighted by molar-refractivity contribution is 6.34. The van der Waals surface area contributed by atoms with Gasteiger partial charge in [-0.1, -0.05) is 35.3 Å². The lowest BCUT2D eigenvalue weighted by Gasteiger charge is -2.16. The zero-order chi connectivity index (χ0) is 25.0. The van der Waals surface area contributed by atoms with Gasteiger partial charge < -0.3 is 14.8 Å². The molecule has 0 aliphatic rings. The first-order valence-electron chi connectivity index (χ1n) is 9.64. The number of ether oxygens (including phenoxy) is 2. The summed E-state index contributed by atoms with van der Waals surface area (Å²) in [5.41, 5.74) is 1.73. The minimum absolute atomic E-state index is 0.0831. The molecule has 0 radical (unpaired) electrons. The number of hydrogen-bond donors (Lipinski definition) is 2. The predicted octanol–water partition coefficient (Wildman–Crippen LogP) is 7.26. The Hall–Kier alpha value is -3.43. The second kappa shape index (κ2) is 10.2. The fourth-order valence-electron chi connectivity index (χ4n) is 3.03. The van der Waals surface area contributed by atoms with E-state index in [4.69, 9.17) is 27.9 Å². The largest absolute Gasteiger partial charge is 0.573 e. The third-order valence-electron chi connectivity index (χ3n) is 4.41. The number of aryl methyl sites for hydroxylation is 2. The number of carbonyl (C=O) groups is 2. The third-order valence-corrected chi connectivity index (χ3v) is 5.04. The van der Waals surface area contributed by atoms with E-state index in [-0.39, 0.29) is 21.4 Å². The van der Waals surface area contributed by atoms with Crippen molar-refractivity contribution in [3.63, 3.8) is 0 Å². The second-order valence-electron chi connectivity index (χ2n) is 7.07. The molecule has 3 aromatic rings. The Labute approximate surface area is 202 Å². The normalized spacial score (nSPS) is 11.0. The van der Waals surface area contributed by atoms with Gasteiger partial charge in [0, 0.05) is 11.8 Å². The molecular formula is C23H17Cl2F3N2O4. The molecule has 0 aliphatic heterocycles. The SMILES string of the molecule is Cc1cc(NC(=O)NC(=O)c2ccccc2Cl)cc(C)c1Oc1ccc(OC(F)(F)F)cc1Cl. The molecular weight excluding hydrogens is 496 g/mol. The molecule has 0 atom stereocenters. The molecule has 3 aromatic carbocycles. The number of urea groups is 1. The van der Waals surface area contributed by atoms with Gasteiger partial charge >= 0.3 is 12.4 Å². The molecule has 34 heavy (non-hydrogen) atoms. The number of rotatable bonds is 5. The van der Waals surface area contributed by atoms with Crippen molar-refractivity contribution in [2.45, 2.75) is 20.2 Å². The predicted molar refractivity (Wildman–Crippen MR) is 122 cm³/mol. The number of imide groups is 1. The Morgan fingerprint density at radius 2 is 1.56 bits per heavy atom. The summed E-state index contributed by atoms with van der Waals surface area (Å²) in [7, 11) is 0. The van der Waals surface area contributed by atoms with Crippen LogP contribution in [0.5, 0.6) is 17.2 Å². The maximum Gasteiger partial charge on any atom is 0.573 e. The van der Waals surface area contributed by atoms with E-state index in [1.807, 2.05) is 0 Å². The van der Waals surface area contributed by atoms with Crippen molar-refractivity contribution in [1.82, 2.24) is 5.32 Å². The van der Waals surface area contributed by atoms with Crippen LogP contribution in [-0.4, -0.2) is 18.3 Å². The number of nitrogens with one attached hydrogen (secondary N) is 2. The van der Waals surface area contributed by atoms with Crippen molar-refractivity contribution >= 4 is 40.8 Å². The van der Waals surface area contributed by atoms with Gasteiger partial charge in [-0.2, -0.15) is 0 Å². The van der Waals surface area contributed by atoms with Gasteiger partial charge in [0.2, 0.25) is 0 Å². The van der Waals surface area contributed by atoms with Crippen LogP contribution in [0.1, 0.15) is 21.5 Å². The van der Waals surface area contributed by atoms with Crippen molar-refractivity contribution in [2.75, 3.05) is 5.32 Å². The van der Waals surface area contributed by atoms with Crippen molar-refractivity contribution in [1.29, 1.82) is 0 Å². The van der Waals surface area contributed by atoms with Crippen LogP contribution < -0.4 is 20.1 Å². The van der Waals surface area contributed by atoms with E-state index in [9.17, 15) is 22.8 Å². The van der Waals surface area contributed by atoms with Gasteiger partial charge in [-0.05, 0) is 61.4 Å². The molecule has 0 aromatic heterocycles. The van der Waals surface area contributed by atoms with Crippen LogP contribution in [0.3, 0.4) is 0 Å². The van der Waals surface area contributed by atoms with Crippen LogP contribution in [0.2, 0.25) is 10.0 Å². The molecule has 178 valence electrons. The summed E-state index contributed by atoms with van der Waals surface area (Å²) < 4.78 is 46.7. The molecule has 0 heterocycles. The number of benzene rings is 3. The highest BCUT2D eigenvalue weighted by Crippen LogP contribution is 2.37. The summed E-state index contributed by atoms with van der Waals surface area (Å²) >= 11 is 12.0. The van der Waals surface area contributed by atoms with Gasteiger partial charge in [-0.15, -0.1) is 13.2 Å². The van der Waals surface area contributed by atoms with Crippen LogP contribution in [0.25, 0.3) is 0 Å². The zero-order valence-electron chi connectivity index (χ0n) is 17.7. The highest BCUT2D eigenvalue weighted by Gasteiger charge is 2.31. The van der Waals surface area contributed by atoms with E-state index >= 15 is 0 Å². The van der Waals surface area contributed by atoms with Crippen LogP contribution in [0.4, 0.5) is 23.7 Å². The Bertz CT molecular complexity index is 1230. The van der Waals surface area contributed by atoms with Gasteiger partial charge in [0.25, 0.3) is 5.91 Å². The zero-order valence-corrected chi connectivity index (χ0v) is 19.2. The number of anilines is 1. The molecule has 0 unspecified atom stereocenters. The Kier molecular flexibility index (Phi) is 7.58. The lowest BCUT2D eigenvalue weighted by Crippen LogP contribution is -2.34. The molecule has 6 nitrogen and oxygen atoms in total. The molecule has 11 heteroatoms. The fourth-order valence-corrected chi connectivity index (χ4v) is 3.46. The van der Waals surface area contributed by atoms with Gasteiger partial charge in [-0.25, -0.2) is 4.79 Å². The van der Waals surface area contributed by atoms with Crippen LogP contribution in [0, 0.1) is 13.8 Å². The smallest absolute Gasteiger partial charge is 0.455 e. The van der Waals surface area contributed by atoms with Gasteiger partial charge in [0.1, 0.15) is 17.2 Å². The Morgan fingerprint density at radius 1 is 0.912 bits per heavy atom. The van der Waals surface area contributed by atoms with E-state index in [2.05, 4.69) is 15.4 Å². The van der Waals surface area contributed by atoms with Crippen LogP contribution in [0.15, 0.2) is 54.6 Å². The van der Waals surface area contributed by atoms with Gasteiger partial charge in [0.05, 0.1) is 15.6 Å². The minimum atomic E-state index is -4.84. The first-order valence-corrected chi connectivity index (χ1v) is 10.4. The molecule has 3 rings (SSSR count). The Morgan fingerprint density at radius 3 is 2.15 bits per heavy atom. The fraction of sp³-hybridized carbons (Fsp3) is 0.130. The average molecular weight is 513 g/mol. The van der Waals surface area contributed by atoms with Crippen molar-refractivity contribution < 1.29 is 32.2 Å². The number of amides is 3. The standard InChI is InChI=1S/C23H17Cl2F3N2O4/c1-12-9-14(29-22(32)30-21(31)16-5-3-4-6-17(16)24)10-13(2)20(12)33-19-8-7-15(11-18(19)25)34-23(26,27)28/h3-11H,1-2H3,(H2,29,30,31,32). The quantitative estimate of drug-likeness (QED) is 0.377. The monoisotopic (exact) mass is 512 g/mol. The van der Waals surface area contributed by atoms with E-state index in [0.717, 1.165) is 12.1 Å².